The molecule has 31 heavy (non-hydrogen) atoms. The molecule has 0 spiro atoms. The number of aliphatic hydroxyl groups is 1. The number of nitrogens with zero attached hydrogens (tertiary/aromatic N) is 5. The summed E-state index contributed by atoms with van der Waals surface area (Å²) in [7, 11) is 0. The molecular formula is C23H26FN5O2. The van der Waals surface area contributed by atoms with Crippen LogP contribution in [0.3, 0.4) is 0 Å². The van der Waals surface area contributed by atoms with Crippen LogP contribution in [0.15, 0.2) is 41.5 Å². The van der Waals surface area contributed by atoms with Crippen molar-refractivity contribution < 1.29 is 9.50 Å². The van der Waals surface area contributed by atoms with E-state index in [1.807, 2.05) is 19.1 Å². The summed E-state index contributed by atoms with van der Waals surface area (Å²) in [6, 6.07) is 7.06. The Bertz CT molecular complexity index is 1230. The van der Waals surface area contributed by atoms with E-state index in [1.54, 1.807) is 19.2 Å². The van der Waals surface area contributed by atoms with E-state index >= 15 is 4.39 Å². The third-order valence-corrected chi connectivity index (χ3v) is 5.65. The fraction of sp³-hybridized carbons (Fsp3) is 0.348. The Kier molecular flexibility index (Phi) is 5.49. The fourth-order valence-corrected chi connectivity index (χ4v) is 4.05. The van der Waals surface area contributed by atoms with E-state index < -0.39 is 11.5 Å². The third-order valence-electron chi connectivity index (χ3n) is 5.65. The Hall–Kier alpha value is -3.26. The van der Waals surface area contributed by atoms with Gasteiger partial charge in [0.25, 0.3) is 0 Å². The highest BCUT2D eigenvalue weighted by molar-refractivity contribution is 5.77. The van der Waals surface area contributed by atoms with E-state index in [0.29, 0.717) is 13.1 Å². The van der Waals surface area contributed by atoms with Gasteiger partial charge in [-0.25, -0.2) is 9.18 Å². The zero-order chi connectivity index (χ0) is 22.3. The summed E-state index contributed by atoms with van der Waals surface area (Å²) in [6.07, 6.45) is 3.83. The molecule has 0 saturated heterocycles. The number of anilines is 1. The normalized spacial score (nSPS) is 13.5. The Morgan fingerprint density at radius 2 is 2.03 bits per heavy atom. The Balaban J connectivity index is 1.87. The molecule has 8 heteroatoms. The van der Waals surface area contributed by atoms with Crippen LogP contribution >= 0.6 is 0 Å². The summed E-state index contributed by atoms with van der Waals surface area (Å²) >= 11 is 0. The van der Waals surface area contributed by atoms with Crippen LogP contribution in [0.4, 0.5) is 10.1 Å². The lowest BCUT2D eigenvalue weighted by Crippen LogP contribution is -2.26. The topological polar surface area (TPSA) is 76.2 Å². The first-order valence-electron chi connectivity index (χ1n) is 10.4. The number of halogens is 1. The highest BCUT2D eigenvalue weighted by Gasteiger charge is 2.25. The number of allylic oxidation sites excluding steroid dienone is 1. The molecule has 1 aromatic carbocycles. The predicted octanol–water partition coefficient (Wildman–Crippen LogP) is 3.41. The van der Waals surface area contributed by atoms with E-state index in [4.69, 9.17) is 0 Å². The van der Waals surface area contributed by atoms with Gasteiger partial charge in [-0.15, -0.1) is 5.10 Å². The van der Waals surface area contributed by atoms with Gasteiger partial charge in [0.2, 0.25) is 0 Å². The van der Waals surface area contributed by atoms with E-state index in [1.165, 1.54) is 10.6 Å². The molecule has 0 atom stereocenters. The summed E-state index contributed by atoms with van der Waals surface area (Å²) in [6.45, 7) is 8.35. The second-order valence-electron chi connectivity index (χ2n) is 7.95. The number of aryl methyl sites for hydroxylation is 1. The smallest absolute Gasteiger partial charge is 0.350 e. The van der Waals surface area contributed by atoms with E-state index in [-0.39, 0.29) is 24.0 Å². The molecule has 1 aliphatic heterocycles. The number of aromatic nitrogens is 4. The lowest BCUT2D eigenvalue weighted by atomic mass is 9.89. The molecular weight excluding hydrogens is 397 g/mol. The number of rotatable bonds is 5. The first-order chi connectivity index (χ1) is 14.8. The van der Waals surface area contributed by atoms with Crippen molar-refractivity contribution in [2.75, 3.05) is 4.90 Å². The highest BCUT2D eigenvalue weighted by atomic mass is 19.1. The quantitative estimate of drug-likeness (QED) is 0.681. The van der Waals surface area contributed by atoms with Crippen LogP contribution in [0.1, 0.15) is 43.4 Å². The molecule has 162 valence electrons. The monoisotopic (exact) mass is 423 g/mol. The molecule has 0 fully saturated rings. The molecule has 0 bridgehead atoms. The number of fused-ring (bicyclic) bond motifs is 1. The van der Waals surface area contributed by atoms with Gasteiger partial charge in [0, 0.05) is 25.5 Å². The minimum atomic E-state index is -0.529. The summed E-state index contributed by atoms with van der Waals surface area (Å²) < 4.78 is 17.6. The first kappa shape index (κ1) is 21.0. The van der Waals surface area contributed by atoms with Crippen molar-refractivity contribution in [3.05, 3.63) is 75.6 Å². The van der Waals surface area contributed by atoms with Crippen LogP contribution in [0.25, 0.3) is 11.3 Å². The van der Waals surface area contributed by atoms with Gasteiger partial charge in [0.15, 0.2) is 5.82 Å². The van der Waals surface area contributed by atoms with E-state index in [0.717, 1.165) is 32.8 Å². The average Bonchev–Trinajstić information content (AvgIpc) is 3.07. The van der Waals surface area contributed by atoms with Crippen LogP contribution in [0.2, 0.25) is 0 Å². The van der Waals surface area contributed by atoms with E-state index in [2.05, 4.69) is 35.0 Å². The van der Waals surface area contributed by atoms with Gasteiger partial charge in [-0.05, 0) is 60.7 Å². The molecule has 0 unspecified atom stereocenters. The van der Waals surface area contributed by atoms with Crippen LogP contribution < -0.4 is 10.6 Å². The van der Waals surface area contributed by atoms with Crippen LogP contribution in [0.5, 0.6) is 0 Å². The van der Waals surface area contributed by atoms with Crippen molar-refractivity contribution >= 4 is 11.3 Å². The summed E-state index contributed by atoms with van der Waals surface area (Å²) in [5.41, 5.74) is 4.26. The molecule has 0 saturated carbocycles. The molecule has 2 aromatic heterocycles. The minimum absolute atomic E-state index is 0.0863. The maximum atomic E-state index is 15.2. The fourth-order valence-electron chi connectivity index (χ4n) is 4.05. The predicted molar refractivity (Wildman–Crippen MR) is 117 cm³/mol. The molecule has 4 rings (SSSR count). The number of hydrogen-bond donors (Lipinski definition) is 1. The Labute approximate surface area is 180 Å². The SMILES string of the molecule is CCn1c(CO)nn(-c2cc3c(cc2F)CN(c2cccnc2C)C=C3C(C)C)c1=O. The number of aliphatic hydroxyl groups excluding tert-OH is 1. The minimum Gasteiger partial charge on any atom is -0.388 e. The standard InChI is InChI=1S/C23H26FN5O2/c1-5-28-22(13-30)26-29(23(28)31)21-10-17-16(9-19(21)24)11-27(12-18(17)14(2)3)20-7-6-8-25-15(20)4/h6-10,12,14,30H,5,11,13H2,1-4H3. The molecule has 7 nitrogen and oxygen atoms in total. The third kappa shape index (κ3) is 3.57. The van der Waals surface area contributed by atoms with E-state index in [9.17, 15) is 9.90 Å². The average molecular weight is 423 g/mol. The molecule has 3 aromatic rings. The zero-order valence-electron chi connectivity index (χ0n) is 18.1. The number of benzene rings is 1. The largest absolute Gasteiger partial charge is 0.388 e. The summed E-state index contributed by atoms with van der Waals surface area (Å²) in [5, 5.41) is 13.7. The zero-order valence-corrected chi connectivity index (χ0v) is 18.1. The van der Waals surface area contributed by atoms with Gasteiger partial charge in [-0.1, -0.05) is 13.8 Å². The van der Waals surface area contributed by atoms with Gasteiger partial charge in [-0.2, -0.15) is 4.68 Å². The highest BCUT2D eigenvalue weighted by Crippen LogP contribution is 2.36. The molecule has 3 heterocycles. The number of hydrogen-bond acceptors (Lipinski definition) is 5. The van der Waals surface area contributed by atoms with Crippen molar-refractivity contribution in [3.8, 4) is 5.69 Å². The van der Waals surface area contributed by atoms with Gasteiger partial charge < -0.3 is 10.0 Å². The van der Waals surface area contributed by atoms with Crippen molar-refractivity contribution in [1.29, 1.82) is 0 Å². The maximum absolute atomic E-state index is 15.2. The Morgan fingerprint density at radius 3 is 2.65 bits per heavy atom. The first-order valence-corrected chi connectivity index (χ1v) is 10.4. The number of pyridine rings is 1. The van der Waals surface area contributed by atoms with Gasteiger partial charge in [0.05, 0.1) is 11.4 Å². The Morgan fingerprint density at radius 1 is 1.26 bits per heavy atom. The van der Waals surface area contributed by atoms with Crippen LogP contribution in [-0.2, 0) is 19.7 Å². The van der Waals surface area contributed by atoms with Crippen molar-refractivity contribution in [2.45, 2.75) is 47.4 Å². The lowest BCUT2D eigenvalue weighted by molar-refractivity contribution is 0.264. The van der Waals surface area contributed by atoms with Crippen LogP contribution in [-0.4, -0.2) is 24.4 Å². The van der Waals surface area contributed by atoms with Crippen LogP contribution in [0, 0.1) is 18.7 Å². The van der Waals surface area contributed by atoms with Gasteiger partial charge >= 0.3 is 5.69 Å². The lowest BCUT2D eigenvalue weighted by Gasteiger charge is -2.31. The van der Waals surface area contributed by atoms with Crippen molar-refractivity contribution in [2.24, 2.45) is 5.92 Å². The molecule has 1 aliphatic rings. The molecule has 0 radical (unpaired) electrons. The second kappa shape index (κ2) is 8.11. The molecule has 0 aliphatic carbocycles. The maximum Gasteiger partial charge on any atom is 0.350 e. The van der Waals surface area contributed by atoms with Gasteiger partial charge in [-0.3, -0.25) is 9.55 Å². The summed E-state index contributed by atoms with van der Waals surface area (Å²) in [4.78, 5) is 19.2. The van der Waals surface area contributed by atoms with Crippen molar-refractivity contribution in [3.63, 3.8) is 0 Å². The summed E-state index contributed by atoms with van der Waals surface area (Å²) in [5.74, 6) is -0.142. The molecule has 1 N–H and O–H groups in total. The van der Waals surface area contributed by atoms with Gasteiger partial charge in [0.1, 0.15) is 18.1 Å². The van der Waals surface area contributed by atoms with Crippen molar-refractivity contribution in [1.82, 2.24) is 19.3 Å². The molecule has 0 amide bonds. The second-order valence-corrected chi connectivity index (χ2v) is 7.95.